The molecule has 2 heterocycles. The van der Waals surface area contributed by atoms with E-state index < -0.39 is 0 Å². The molecule has 0 aromatic heterocycles. The molecular formula is C19H25N3O4. The Morgan fingerprint density at radius 1 is 1.15 bits per heavy atom. The molecule has 140 valence electrons. The molecule has 1 fully saturated rings. The number of hydrogen-bond donors (Lipinski definition) is 1. The highest BCUT2D eigenvalue weighted by Crippen LogP contribution is 2.28. The predicted octanol–water partition coefficient (Wildman–Crippen LogP) is 1.88. The van der Waals surface area contributed by atoms with Crippen LogP contribution in [0, 0.1) is 0 Å². The Morgan fingerprint density at radius 3 is 2.73 bits per heavy atom. The Morgan fingerprint density at radius 2 is 1.92 bits per heavy atom. The van der Waals surface area contributed by atoms with Crippen LogP contribution in [-0.2, 0) is 9.59 Å². The first-order valence-corrected chi connectivity index (χ1v) is 9.22. The number of carbonyl (C=O) groups is 3. The second-order valence-electron chi connectivity index (χ2n) is 6.63. The first-order valence-electron chi connectivity index (χ1n) is 9.22. The molecule has 2 aliphatic rings. The van der Waals surface area contributed by atoms with Crippen LogP contribution in [0.4, 0.5) is 5.69 Å². The van der Waals surface area contributed by atoms with E-state index in [-0.39, 0.29) is 17.7 Å². The first-order chi connectivity index (χ1) is 12.6. The SMILES string of the molecule is CCCC(=O)N1CCCN(C(=O)c2ccc3c(c2)NC(=O)CCO3)CC1. The maximum Gasteiger partial charge on any atom is 0.253 e. The van der Waals surface area contributed by atoms with Crippen molar-refractivity contribution in [2.24, 2.45) is 0 Å². The molecule has 0 spiro atoms. The lowest BCUT2D eigenvalue weighted by Gasteiger charge is -2.22. The predicted molar refractivity (Wildman–Crippen MR) is 97.2 cm³/mol. The smallest absolute Gasteiger partial charge is 0.253 e. The van der Waals surface area contributed by atoms with Gasteiger partial charge in [0.15, 0.2) is 0 Å². The fourth-order valence-corrected chi connectivity index (χ4v) is 3.28. The molecular weight excluding hydrogens is 334 g/mol. The zero-order valence-corrected chi connectivity index (χ0v) is 15.1. The number of anilines is 1. The van der Waals surface area contributed by atoms with Crippen molar-refractivity contribution in [1.82, 2.24) is 9.80 Å². The third kappa shape index (κ3) is 4.15. The summed E-state index contributed by atoms with van der Waals surface area (Å²) in [5, 5.41) is 2.78. The minimum atomic E-state index is -0.117. The van der Waals surface area contributed by atoms with Gasteiger partial charge in [-0.15, -0.1) is 0 Å². The van der Waals surface area contributed by atoms with Crippen molar-refractivity contribution in [2.75, 3.05) is 38.1 Å². The van der Waals surface area contributed by atoms with Crippen LogP contribution >= 0.6 is 0 Å². The molecule has 0 saturated carbocycles. The molecule has 1 aromatic rings. The van der Waals surface area contributed by atoms with Crippen LogP contribution in [-0.4, -0.2) is 60.3 Å². The molecule has 2 aliphatic heterocycles. The quantitative estimate of drug-likeness (QED) is 0.894. The average molecular weight is 359 g/mol. The zero-order valence-electron chi connectivity index (χ0n) is 15.1. The number of rotatable bonds is 3. The van der Waals surface area contributed by atoms with Gasteiger partial charge in [0, 0.05) is 38.2 Å². The molecule has 0 bridgehead atoms. The van der Waals surface area contributed by atoms with Gasteiger partial charge in [0.05, 0.1) is 18.7 Å². The summed E-state index contributed by atoms with van der Waals surface area (Å²) >= 11 is 0. The van der Waals surface area contributed by atoms with Crippen molar-refractivity contribution in [3.05, 3.63) is 23.8 Å². The van der Waals surface area contributed by atoms with Crippen LogP contribution in [0.15, 0.2) is 18.2 Å². The van der Waals surface area contributed by atoms with E-state index in [9.17, 15) is 14.4 Å². The fraction of sp³-hybridized carbons (Fsp3) is 0.526. The highest BCUT2D eigenvalue weighted by molar-refractivity contribution is 5.98. The summed E-state index contributed by atoms with van der Waals surface area (Å²) in [5.74, 6) is 0.538. The molecule has 0 aliphatic carbocycles. The number of hydrogen-bond acceptors (Lipinski definition) is 4. The molecule has 3 amide bonds. The number of fused-ring (bicyclic) bond motifs is 1. The maximum atomic E-state index is 12.9. The lowest BCUT2D eigenvalue weighted by Crippen LogP contribution is -2.37. The van der Waals surface area contributed by atoms with Gasteiger partial charge in [0.25, 0.3) is 5.91 Å². The second-order valence-corrected chi connectivity index (χ2v) is 6.63. The van der Waals surface area contributed by atoms with Crippen molar-refractivity contribution in [3.63, 3.8) is 0 Å². The normalized spacial score (nSPS) is 17.5. The fourth-order valence-electron chi connectivity index (χ4n) is 3.28. The molecule has 1 aromatic carbocycles. The second kappa shape index (κ2) is 8.21. The molecule has 0 atom stereocenters. The summed E-state index contributed by atoms with van der Waals surface area (Å²) in [4.78, 5) is 40.3. The maximum absolute atomic E-state index is 12.9. The van der Waals surface area contributed by atoms with E-state index in [0.717, 1.165) is 12.8 Å². The van der Waals surface area contributed by atoms with Gasteiger partial charge in [-0.05, 0) is 31.0 Å². The van der Waals surface area contributed by atoms with Gasteiger partial charge in [0.2, 0.25) is 11.8 Å². The molecule has 7 heteroatoms. The number of benzene rings is 1. The van der Waals surface area contributed by atoms with Gasteiger partial charge < -0.3 is 19.9 Å². The summed E-state index contributed by atoms with van der Waals surface area (Å²) in [7, 11) is 0. The summed E-state index contributed by atoms with van der Waals surface area (Å²) in [6.45, 7) is 4.72. The first kappa shape index (κ1) is 18.2. The van der Waals surface area contributed by atoms with Crippen molar-refractivity contribution in [1.29, 1.82) is 0 Å². The molecule has 26 heavy (non-hydrogen) atoms. The molecule has 7 nitrogen and oxygen atoms in total. The third-order valence-electron chi connectivity index (χ3n) is 4.69. The minimum Gasteiger partial charge on any atom is -0.491 e. The highest BCUT2D eigenvalue weighted by atomic mass is 16.5. The Bertz CT molecular complexity index is 704. The van der Waals surface area contributed by atoms with Crippen molar-refractivity contribution in [2.45, 2.75) is 32.6 Å². The van der Waals surface area contributed by atoms with Crippen LogP contribution < -0.4 is 10.1 Å². The summed E-state index contributed by atoms with van der Waals surface area (Å²) < 4.78 is 5.53. The molecule has 1 saturated heterocycles. The molecule has 3 rings (SSSR count). The monoisotopic (exact) mass is 359 g/mol. The summed E-state index contributed by atoms with van der Waals surface area (Å²) in [6, 6.07) is 5.12. The Kier molecular flexibility index (Phi) is 5.75. The van der Waals surface area contributed by atoms with Crippen molar-refractivity contribution < 1.29 is 19.1 Å². The summed E-state index contributed by atoms with van der Waals surface area (Å²) in [6.07, 6.45) is 2.46. The lowest BCUT2D eigenvalue weighted by atomic mass is 10.1. The van der Waals surface area contributed by atoms with E-state index in [1.165, 1.54) is 0 Å². The van der Waals surface area contributed by atoms with Gasteiger partial charge in [-0.3, -0.25) is 14.4 Å². The van der Waals surface area contributed by atoms with E-state index in [1.807, 2.05) is 11.8 Å². The molecule has 0 unspecified atom stereocenters. The topological polar surface area (TPSA) is 79.0 Å². The van der Waals surface area contributed by atoms with E-state index in [2.05, 4.69) is 5.32 Å². The van der Waals surface area contributed by atoms with E-state index in [1.54, 1.807) is 23.1 Å². The molecule has 0 radical (unpaired) electrons. The average Bonchev–Trinajstić information content (AvgIpc) is 2.98. The minimum absolute atomic E-state index is 0.0870. The van der Waals surface area contributed by atoms with Crippen LogP contribution in [0.3, 0.4) is 0 Å². The number of nitrogens with one attached hydrogen (secondary N) is 1. The van der Waals surface area contributed by atoms with Gasteiger partial charge >= 0.3 is 0 Å². The Balaban J connectivity index is 1.69. The van der Waals surface area contributed by atoms with Crippen LogP contribution in [0.25, 0.3) is 0 Å². The lowest BCUT2D eigenvalue weighted by molar-refractivity contribution is -0.131. The zero-order chi connectivity index (χ0) is 18.5. The van der Waals surface area contributed by atoms with Gasteiger partial charge in [-0.1, -0.05) is 6.92 Å². The van der Waals surface area contributed by atoms with Gasteiger partial charge in [0.1, 0.15) is 5.75 Å². The van der Waals surface area contributed by atoms with Crippen LogP contribution in [0.1, 0.15) is 43.0 Å². The number of nitrogens with zero attached hydrogens (tertiary/aromatic N) is 2. The highest BCUT2D eigenvalue weighted by Gasteiger charge is 2.24. The number of carbonyl (C=O) groups excluding carboxylic acids is 3. The largest absolute Gasteiger partial charge is 0.491 e. The van der Waals surface area contributed by atoms with Gasteiger partial charge in [-0.25, -0.2) is 0 Å². The number of ether oxygens (including phenoxy) is 1. The van der Waals surface area contributed by atoms with E-state index >= 15 is 0 Å². The Hall–Kier alpha value is -2.57. The van der Waals surface area contributed by atoms with E-state index in [4.69, 9.17) is 4.74 Å². The van der Waals surface area contributed by atoms with E-state index in [0.29, 0.717) is 62.6 Å². The van der Waals surface area contributed by atoms with Crippen molar-refractivity contribution >= 4 is 23.4 Å². The standard InChI is InChI=1S/C19H25N3O4/c1-2-4-18(24)21-8-3-9-22(11-10-21)19(25)14-5-6-16-15(13-14)20-17(23)7-12-26-16/h5-6,13H,2-4,7-12H2,1H3,(H,20,23). The third-order valence-corrected chi connectivity index (χ3v) is 4.69. The summed E-state index contributed by atoms with van der Waals surface area (Å²) in [5.41, 5.74) is 1.05. The van der Waals surface area contributed by atoms with Gasteiger partial charge in [-0.2, -0.15) is 0 Å². The van der Waals surface area contributed by atoms with Crippen LogP contribution in [0.5, 0.6) is 5.75 Å². The number of amides is 3. The Labute approximate surface area is 153 Å². The van der Waals surface area contributed by atoms with Crippen molar-refractivity contribution in [3.8, 4) is 5.75 Å². The molecule has 1 N–H and O–H groups in total. The van der Waals surface area contributed by atoms with Crippen LogP contribution in [0.2, 0.25) is 0 Å².